The molecule has 1 N–H and O–H groups in total. The average molecular weight is 372 g/mol. The molecular formula is C16H15Cl2NO3S. The molecule has 0 fully saturated rings. The van der Waals surface area contributed by atoms with Crippen LogP contribution in [0, 0.1) is 0 Å². The molecular weight excluding hydrogens is 357 g/mol. The summed E-state index contributed by atoms with van der Waals surface area (Å²) < 4.78 is 10.3. The molecule has 122 valence electrons. The highest BCUT2D eigenvalue weighted by molar-refractivity contribution is 7.99. The van der Waals surface area contributed by atoms with E-state index in [0.29, 0.717) is 27.2 Å². The molecule has 7 heteroatoms. The summed E-state index contributed by atoms with van der Waals surface area (Å²) in [6, 6.07) is 12.4. The Morgan fingerprint density at radius 2 is 1.83 bits per heavy atom. The standard InChI is InChI=1S/C16H15Cl2NO3S/c1-21-15-10-12(18)4-7-14(15)19-16(20)22-8-9-23-13-5-2-11(17)3-6-13/h2-7,10H,8-9H2,1H3,(H,19,20). The summed E-state index contributed by atoms with van der Waals surface area (Å²) in [7, 11) is 1.50. The molecule has 0 aliphatic heterocycles. The molecule has 1 amide bonds. The first-order valence-corrected chi connectivity index (χ1v) is 8.48. The molecule has 0 unspecified atom stereocenters. The molecule has 0 atom stereocenters. The number of methoxy groups -OCH3 is 1. The van der Waals surface area contributed by atoms with Crippen molar-refractivity contribution in [2.45, 2.75) is 4.90 Å². The minimum Gasteiger partial charge on any atom is -0.495 e. The minimum atomic E-state index is -0.540. The van der Waals surface area contributed by atoms with Gasteiger partial charge >= 0.3 is 6.09 Å². The Morgan fingerprint density at radius 3 is 2.52 bits per heavy atom. The lowest BCUT2D eigenvalue weighted by molar-refractivity contribution is 0.169. The number of hydrogen-bond donors (Lipinski definition) is 1. The lowest BCUT2D eigenvalue weighted by Gasteiger charge is -2.10. The van der Waals surface area contributed by atoms with E-state index in [1.54, 1.807) is 30.0 Å². The zero-order valence-corrected chi connectivity index (χ0v) is 14.7. The predicted octanol–water partition coefficient (Wildman–Crippen LogP) is 5.34. The van der Waals surface area contributed by atoms with Gasteiger partial charge in [0.2, 0.25) is 0 Å². The van der Waals surface area contributed by atoms with Crippen LogP contribution in [0.5, 0.6) is 5.75 Å². The van der Waals surface area contributed by atoms with E-state index in [1.807, 2.05) is 24.3 Å². The molecule has 2 aromatic rings. The van der Waals surface area contributed by atoms with E-state index in [9.17, 15) is 4.79 Å². The monoisotopic (exact) mass is 371 g/mol. The first-order valence-electron chi connectivity index (χ1n) is 6.74. The predicted molar refractivity (Wildman–Crippen MR) is 95.2 cm³/mol. The molecule has 4 nitrogen and oxygen atoms in total. The smallest absolute Gasteiger partial charge is 0.411 e. The number of nitrogens with one attached hydrogen (secondary N) is 1. The summed E-state index contributed by atoms with van der Waals surface area (Å²) in [6.45, 7) is 0.287. The average Bonchev–Trinajstić information content (AvgIpc) is 2.55. The van der Waals surface area contributed by atoms with Crippen molar-refractivity contribution in [2.24, 2.45) is 0 Å². The topological polar surface area (TPSA) is 47.6 Å². The van der Waals surface area contributed by atoms with Crippen LogP contribution in [0.25, 0.3) is 0 Å². The fraction of sp³-hybridized carbons (Fsp3) is 0.188. The van der Waals surface area contributed by atoms with Gasteiger partial charge in [0.05, 0.1) is 12.8 Å². The third-order valence-electron chi connectivity index (χ3n) is 2.80. The van der Waals surface area contributed by atoms with Gasteiger partial charge in [0, 0.05) is 26.8 Å². The van der Waals surface area contributed by atoms with Crippen molar-refractivity contribution < 1.29 is 14.3 Å². The summed E-state index contributed by atoms with van der Waals surface area (Å²) in [5.41, 5.74) is 0.507. The van der Waals surface area contributed by atoms with Gasteiger partial charge < -0.3 is 9.47 Å². The molecule has 0 aromatic heterocycles. The van der Waals surface area contributed by atoms with Crippen molar-refractivity contribution in [1.29, 1.82) is 0 Å². The molecule has 23 heavy (non-hydrogen) atoms. The van der Waals surface area contributed by atoms with Crippen LogP contribution in [-0.4, -0.2) is 25.6 Å². The van der Waals surface area contributed by atoms with Crippen molar-refractivity contribution in [1.82, 2.24) is 0 Å². The van der Waals surface area contributed by atoms with Gasteiger partial charge in [0.1, 0.15) is 12.4 Å². The summed E-state index contributed by atoms with van der Waals surface area (Å²) in [5.74, 6) is 1.12. The van der Waals surface area contributed by atoms with E-state index < -0.39 is 6.09 Å². The number of benzene rings is 2. The number of ether oxygens (including phenoxy) is 2. The number of thioether (sulfide) groups is 1. The third kappa shape index (κ3) is 5.86. The first kappa shape index (κ1) is 17.8. The number of halogens is 2. The Balaban J connectivity index is 1.76. The molecule has 0 heterocycles. The van der Waals surface area contributed by atoms with E-state index in [-0.39, 0.29) is 6.61 Å². The van der Waals surface area contributed by atoms with Gasteiger partial charge in [-0.15, -0.1) is 11.8 Å². The molecule has 0 aliphatic carbocycles. The lowest BCUT2D eigenvalue weighted by Crippen LogP contribution is -2.15. The van der Waals surface area contributed by atoms with Crippen molar-refractivity contribution >= 4 is 46.7 Å². The van der Waals surface area contributed by atoms with Crippen LogP contribution in [0.4, 0.5) is 10.5 Å². The van der Waals surface area contributed by atoms with Gasteiger partial charge in [0.25, 0.3) is 0 Å². The highest BCUT2D eigenvalue weighted by Crippen LogP contribution is 2.27. The van der Waals surface area contributed by atoms with Crippen LogP contribution in [0.2, 0.25) is 10.0 Å². The minimum absolute atomic E-state index is 0.287. The Bertz CT molecular complexity index is 665. The fourth-order valence-electron chi connectivity index (χ4n) is 1.74. The maximum atomic E-state index is 11.8. The highest BCUT2D eigenvalue weighted by Gasteiger charge is 2.09. The molecule has 0 saturated heterocycles. The van der Waals surface area contributed by atoms with Crippen LogP contribution >= 0.6 is 35.0 Å². The molecule has 0 radical (unpaired) electrons. The van der Waals surface area contributed by atoms with Gasteiger partial charge in [-0.1, -0.05) is 23.2 Å². The van der Waals surface area contributed by atoms with Gasteiger partial charge in [-0.3, -0.25) is 5.32 Å². The van der Waals surface area contributed by atoms with Crippen LogP contribution < -0.4 is 10.1 Å². The van der Waals surface area contributed by atoms with Crippen molar-refractivity contribution in [3.63, 3.8) is 0 Å². The zero-order valence-electron chi connectivity index (χ0n) is 12.3. The van der Waals surface area contributed by atoms with Crippen LogP contribution in [0.3, 0.4) is 0 Å². The molecule has 0 spiro atoms. The summed E-state index contributed by atoms with van der Waals surface area (Å²) in [5, 5.41) is 3.85. The van der Waals surface area contributed by atoms with E-state index in [0.717, 1.165) is 4.90 Å². The van der Waals surface area contributed by atoms with E-state index in [2.05, 4.69) is 5.32 Å². The maximum absolute atomic E-state index is 11.8. The van der Waals surface area contributed by atoms with Gasteiger partial charge in [0.15, 0.2) is 0 Å². The van der Waals surface area contributed by atoms with Crippen LogP contribution in [0.1, 0.15) is 0 Å². The van der Waals surface area contributed by atoms with Gasteiger partial charge in [-0.05, 0) is 36.4 Å². The number of rotatable bonds is 6. The zero-order chi connectivity index (χ0) is 16.7. The molecule has 2 aromatic carbocycles. The van der Waals surface area contributed by atoms with Crippen molar-refractivity contribution in [3.05, 3.63) is 52.5 Å². The molecule has 0 aliphatic rings. The van der Waals surface area contributed by atoms with Crippen LogP contribution in [-0.2, 0) is 4.74 Å². The second-order valence-electron chi connectivity index (χ2n) is 4.41. The number of hydrogen-bond acceptors (Lipinski definition) is 4. The highest BCUT2D eigenvalue weighted by atomic mass is 35.5. The number of carbonyl (C=O) groups is 1. The summed E-state index contributed by atoms with van der Waals surface area (Å²) in [4.78, 5) is 12.8. The molecule has 0 bridgehead atoms. The van der Waals surface area contributed by atoms with E-state index in [4.69, 9.17) is 32.7 Å². The quantitative estimate of drug-likeness (QED) is 0.549. The lowest BCUT2D eigenvalue weighted by atomic mass is 10.3. The molecule has 0 saturated carbocycles. The third-order valence-corrected chi connectivity index (χ3v) is 4.26. The number of amides is 1. The number of anilines is 1. The number of carbonyl (C=O) groups excluding carboxylic acids is 1. The van der Waals surface area contributed by atoms with Gasteiger partial charge in [-0.25, -0.2) is 4.79 Å². The maximum Gasteiger partial charge on any atom is 0.411 e. The Labute approximate surface area is 149 Å². The largest absolute Gasteiger partial charge is 0.495 e. The Kier molecular flexibility index (Phi) is 6.89. The summed E-state index contributed by atoms with van der Waals surface area (Å²) >= 11 is 13.3. The SMILES string of the molecule is COc1cc(Cl)ccc1NC(=O)OCCSc1ccc(Cl)cc1. The van der Waals surface area contributed by atoms with E-state index in [1.165, 1.54) is 7.11 Å². The molecule has 2 rings (SSSR count). The van der Waals surface area contributed by atoms with Crippen molar-refractivity contribution in [3.8, 4) is 5.75 Å². The van der Waals surface area contributed by atoms with Crippen molar-refractivity contribution in [2.75, 3.05) is 24.8 Å². The Hall–Kier alpha value is -1.56. The first-order chi connectivity index (χ1) is 11.1. The summed E-state index contributed by atoms with van der Waals surface area (Å²) in [6.07, 6.45) is -0.540. The second-order valence-corrected chi connectivity index (χ2v) is 6.45. The normalized spacial score (nSPS) is 10.2. The second kappa shape index (κ2) is 8.91. The fourth-order valence-corrected chi connectivity index (χ4v) is 2.76. The van der Waals surface area contributed by atoms with E-state index >= 15 is 0 Å². The Morgan fingerprint density at radius 1 is 1.13 bits per heavy atom. The van der Waals surface area contributed by atoms with Gasteiger partial charge in [-0.2, -0.15) is 0 Å². The van der Waals surface area contributed by atoms with Crippen LogP contribution in [0.15, 0.2) is 47.4 Å².